The van der Waals surface area contributed by atoms with Gasteiger partial charge in [-0.05, 0) is 42.3 Å². The summed E-state index contributed by atoms with van der Waals surface area (Å²) < 4.78 is 13.5. The van der Waals surface area contributed by atoms with Crippen LogP contribution in [0, 0.1) is 5.82 Å². The van der Waals surface area contributed by atoms with Crippen molar-refractivity contribution in [3.63, 3.8) is 0 Å². The van der Waals surface area contributed by atoms with Gasteiger partial charge in [0.2, 0.25) is 0 Å². The number of pyridine rings is 1. The molecule has 1 aromatic carbocycles. The van der Waals surface area contributed by atoms with E-state index in [2.05, 4.69) is 15.6 Å². The first kappa shape index (κ1) is 12.7. The van der Waals surface area contributed by atoms with Crippen molar-refractivity contribution < 1.29 is 9.18 Å². The first-order valence-electron chi connectivity index (χ1n) is 6.47. The number of nitrogens with one attached hydrogen (secondary N) is 2. The molecule has 4 nitrogen and oxygen atoms in total. The van der Waals surface area contributed by atoms with Gasteiger partial charge in [0.25, 0.3) is 5.91 Å². The quantitative estimate of drug-likeness (QED) is 0.879. The van der Waals surface area contributed by atoms with E-state index < -0.39 is 11.7 Å². The highest BCUT2D eigenvalue weighted by Crippen LogP contribution is 2.19. The highest BCUT2D eigenvalue weighted by atomic mass is 19.1. The molecule has 0 aliphatic carbocycles. The maximum absolute atomic E-state index is 13.5. The summed E-state index contributed by atoms with van der Waals surface area (Å²) in [6.45, 7) is 1.77. The van der Waals surface area contributed by atoms with E-state index in [1.807, 2.05) is 18.2 Å². The summed E-state index contributed by atoms with van der Waals surface area (Å²) >= 11 is 0. The Bertz CT molecular complexity index is 657. The molecule has 20 heavy (non-hydrogen) atoms. The van der Waals surface area contributed by atoms with Crippen LogP contribution in [0.15, 0.2) is 36.7 Å². The Morgan fingerprint density at radius 3 is 3.05 bits per heavy atom. The molecule has 2 N–H and O–H groups in total. The summed E-state index contributed by atoms with van der Waals surface area (Å²) in [5.74, 6) is -1.08. The average Bonchev–Trinajstić information content (AvgIpc) is 2.47. The summed E-state index contributed by atoms with van der Waals surface area (Å²) in [6.07, 6.45) is 3.42. The van der Waals surface area contributed by atoms with Gasteiger partial charge in [0.1, 0.15) is 0 Å². The Morgan fingerprint density at radius 2 is 2.20 bits per heavy atom. The molecule has 102 valence electrons. The lowest BCUT2D eigenvalue weighted by molar-refractivity contribution is 0.102. The van der Waals surface area contributed by atoms with Gasteiger partial charge in [-0.2, -0.15) is 0 Å². The van der Waals surface area contributed by atoms with Crippen molar-refractivity contribution in [2.45, 2.75) is 13.0 Å². The van der Waals surface area contributed by atoms with E-state index >= 15 is 0 Å². The van der Waals surface area contributed by atoms with Gasteiger partial charge in [-0.1, -0.05) is 6.07 Å². The van der Waals surface area contributed by atoms with E-state index in [9.17, 15) is 9.18 Å². The van der Waals surface area contributed by atoms with Crippen LogP contribution in [0.5, 0.6) is 0 Å². The zero-order valence-corrected chi connectivity index (χ0v) is 10.8. The molecule has 0 radical (unpaired) electrons. The van der Waals surface area contributed by atoms with Gasteiger partial charge in [-0.3, -0.25) is 9.78 Å². The second kappa shape index (κ2) is 5.38. The fourth-order valence-corrected chi connectivity index (χ4v) is 2.32. The SMILES string of the molecule is O=C(Nc1ccc2c(c1)CNCC2)c1ccncc1F. The molecule has 1 aromatic heterocycles. The molecule has 0 saturated heterocycles. The normalized spacial score (nSPS) is 13.7. The maximum Gasteiger partial charge on any atom is 0.258 e. The number of fused-ring (bicyclic) bond motifs is 1. The van der Waals surface area contributed by atoms with E-state index in [-0.39, 0.29) is 5.56 Å². The molecule has 0 saturated carbocycles. The van der Waals surface area contributed by atoms with Gasteiger partial charge in [-0.25, -0.2) is 4.39 Å². The van der Waals surface area contributed by atoms with Crippen LogP contribution in [0.1, 0.15) is 21.5 Å². The van der Waals surface area contributed by atoms with E-state index in [1.54, 1.807) is 0 Å². The van der Waals surface area contributed by atoms with Crippen LogP contribution in [-0.2, 0) is 13.0 Å². The number of benzene rings is 1. The summed E-state index contributed by atoms with van der Waals surface area (Å²) in [6, 6.07) is 7.15. The number of carbonyl (C=O) groups is 1. The van der Waals surface area contributed by atoms with Crippen molar-refractivity contribution >= 4 is 11.6 Å². The topological polar surface area (TPSA) is 54.0 Å². The molecule has 1 aliphatic rings. The van der Waals surface area contributed by atoms with Crippen molar-refractivity contribution in [3.05, 3.63) is 59.2 Å². The summed E-state index contributed by atoms with van der Waals surface area (Å²) in [5.41, 5.74) is 3.13. The molecule has 0 atom stereocenters. The van der Waals surface area contributed by atoms with Crippen molar-refractivity contribution in [2.75, 3.05) is 11.9 Å². The van der Waals surface area contributed by atoms with E-state index in [1.165, 1.54) is 23.4 Å². The lowest BCUT2D eigenvalue weighted by atomic mass is 10.0. The smallest absolute Gasteiger partial charge is 0.258 e. The summed E-state index contributed by atoms with van der Waals surface area (Å²) in [7, 11) is 0. The van der Waals surface area contributed by atoms with Crippen LogP contribution < -0.4 is 10.6 Å². The first-order chi connectivity index (χ1) is 9.74. The molecule has 2 aromatic rings. The van der Waals surface area contributed by atoms with Gasteiger partial charge in [0, 0.05) is 18.4 Å². The molecule has 0 unspecified atom stereocenters. The standard InChI is InChI=1S/C15H14FN3O/c16-14-9-18-6-4-13(14)15(20)19-12-2-1-10-3-5-17-8-11(10)7-12/h1-2,4,6-7,9,17H,3,5,8H2,(H,19,20). The third-order valence-corrected chi connectivity index (χ3v) is 3.37. The molecule has 3 rings (SSSR count). The van der Waals surface area contributed by atoms with Gasteiger partial charge < -0.3 is 10.6 Å². The molecule has 0 fully saturated rings. The minimum absolute atomic E-state index is 0.00385. The number of halogens is 1. The Kier molecular flexibility index (Phi) is 3.43. The zero-order chi connectivity index (χ0) is 13.9. The number of amides is 1. The molecule has 5 heteroatoms. The molecule has 0 bridgehead atoms. The average molecular weight is 271 g/mol. The number of carbonyl (C=O) groups excluding carboxylic acids is 1. The number of rotatable bonds is 2. The fraction of sp³-hybridized carbons (Fsp3) is 0.200. The highest BCUT2D eigenvalue weighted by molar-refractivity contribution is 6.04. The molecule has 1 amide bonds. The van der Waals surface area contributed by atoms with Gasteiger partial charge in [0.05, 0.1) is 11.8 Å². The second-order valence-electron chi connectivity index (χ2n) is 4.72. The summed E-state index contributed by atoms with van der Waals surface area (Å²) in [5, 5.41) is 6.00. The third kappa shape index (κ3) is 2.53. The lowest BCUT2D eigenvalue weighted by Crippen LogP contribution is -2.23. The Labute approximate surface area is 116 Å². The van der Waals surface area contributed by atoms with E-state index in [0.29, 0.717) is 5.69 Å². The van der Waals surface area contributed by atoms with Gasteiger partial charge in [0.15, 0.2) is 5.82 Å². The van der Waals surface area contributed by atoms with Crippen molar-refractivity contribution in [2.24, 2.45) is 0 Å². The molecular weight excluding hydrogens is 257 g/mol. The van der Waals surface area contributed by atoms with Crippen LogP contribution in [0.25, 0.3) is 0 Å². The largest absolute Gasteiger partial charge is 0.322 e. The number of hydrogen-bond donors (Lipinski definition) is 2. The van der Waals surface area contributed by atoms with Crippen LogP contribution in [0.3, 0.4) is 0 Å². The Morgan fingerprint density at radius 1 is 1.30 bits per heavy atom. The Hall–Kier alpha value is -2.27. The first-order valence-corrected chi connectivity index (χ1v) is 6.47. The van der Waals surface area contributed by atoms with E-state index in [4.69, 9.17) is 0 Å². The minimum Gasteiger partial charge on any atom is -0.322 e. The fourth-order valence-electron chi connectivity index (χ4n) is 2.32. The lowest BCUT2D eigenvalue weighted by Gasteiger charge is -2.18. The summed E-state index contributed by atoms with van der Waals surface area (Å²) in [4.78, 5) is 15.6. The maximum atomic E-state index is 13.5. The number of nitrogens with zero attached hydrogens (tertiary/aromatic N) is 1. The minimum atomic E-state index is -0.621. The Balaban J connectivity index is 1.81. The van der Waals surface area contributed by atoms with Crippen LogP contribution in [0.2, 0.25) is 0 Å². The number of hydrogen-bond acceptors (Lipinski definition) is 3. The van der Waals surface area contributed by atoms with Crippen LogP contribution >= 0.6 is 0 Å². The van der Waals surface area contributed by atoms with Crippen LogP contribution in [-0.4, -0.2) is 17.4 Å². The zero-order valence-electron chi connectivity index (χ0n) is 10.8. The number of anilines is 1. The van der Waals surface area contributed by atoms with E-state index in [0.717, 1.165) is 25.7 Å². The molecule has 2 heterocycles. The van der Waals surface area contributed by atoms with Crippen molar-refractivity contribution in [1.82, 2.24) is 10.3 Å². The molecular formula is C15H14FN3O. The van der Waals surface area contributed by atoms with Gasteiger partial charge in [-0.15, -0.1) is 0 Å². The number of aromatic nitrogens is 1. The van der Waals surface area contributed by atoms with Crippen LogP contribution in [0.4, 0.5) is 10.1 Å². The molecule has 1 aliphatic heterocycles. The third-order valence-electron chi connectivity index (χ3n) is 3.37. The highest BCUT2D eigenvalue weighted by Gasteiger charge is 2.13. The van der Waals surface area contributed by atoms with Gasteiger partial charge >= 0.3 is 0 Å². The predicted molar refractivity (Wildman–Crippen MR) is 74.0 cm³/mol. The molecule has 0 spiro atoms. The second-order valence-corrected chi connectivity index (χ2v) is 4.72. The predicted octanol–water partition coefficient (Wildman–Crippen LogP) is 2.12. The monoisotopic (exact) mass is 271 g/mol. The van der Waals surface area contributed by atoms with Crippen molar-refractivity contribution in [3.8, 4) is 0 Å². The van der Waals surface area contributed by atoms with Crippen molar-refractivity contribution in [1.29, 1.82) is 0 Å².